The fourth-order valence-electron chi connectivity index (χ4n) is 2.82. The predicted octanol–water partition coefficient (Wildman–Crippen LogP) is 3.80. The molecule has 0 aliphatic carbocycles. The number of Topliss-reactive ketones (excluding diaryl/α,β-unsaturated/α-hetero) is 1. The van der Waals surface area contributed by atoms with E-state index in [1.54, 1.807) is 42.1 Å². The highest BCUT2D eigenvalue weighted by Crippen LogP contribution is 2.18. The molecular weight excluding hydrogens is 372 g/mol. The van der Waals surface area contributed by atoms with Crippen LogP contribution in [0.25, 0.3) is 11.6 Å². The van der Waals surface area contributed by atoms with Crippen molar-refractivity contribution in [1.29, 1.82) is 0 Å². The Morgan fingerprint density at radius 2 is 1.54 bits per heavy atom. The molecule has 3 rings (SSSR count). The number of aromatic nitrogens is 1. The van der Waals surface area contributed by atoms with Gasteiger partial charge in [0.2, 0.25) is 12.3 Å². The average Bonchev–Trinajstić information content (AvgIpc) is 2.74. The van der Waals surface area contributed by atoms with Crippen LogP contribution >= 0.6 is 11.6 Å². The largest absolute Gasteiger partial charge is 0.355 e. The van der Waals surface area contributed by atoms with Crippen LogP contribution in [0.3, 0.4) is 0 Å². The van der Waals surface area contributed by atoms with Crippen LogP contribution < -0.4 is 9.88 Å². The summed E-state index contributed by atoms with van der Waals surface area (Å²) >= 11 is 6.28. The number of nitrogens with one attached hydrogen (secondary N) is 1. The minimum atomic E-state index is -0.187. The molecule has 1 aromatic heterocycles. The quantitative estimate of drug-likeness (QED) is 0.301. The van der Waals surface area contributed by atoms with Gasteiger partial charge in [0.1, 0.15) is 0 Å². The van der Waals surface area contributed by atoms with Gasteiger partial charge in [-0.05, 0) is 29.3 Å². The van der Waals surface area contributed by atoms with Crippen molar-refractivity contribution in [2.24, 2.45) is 0 Å². The van der Waals surface area contributed by atoms with E-state index in [4.69, 9.17) is 11.6 Å². The number of nitrogens with zero attached hydrogens (tertiary/aromatic N) is 1. The van der Waals surface area contributed by atoms with Crippen molar-refractivity contribution >= 4 is 34.9 Å². The second-order valence-corrected chi connectivity index (χ2v) is 6.59. The molecule has 1 N–H and O–H groups in total. The highest BCUT2D eigenvalue weighted by Gasteiger charge is 2.17. The lowest BCUT2D eigenvalue weighted by atomic mass is 10.0. The lowest BCUT2D eigenvalue weighted by molar-refractivity contribution is -0.681. The third-order valence-corrected chi connectivity index (χ3v) is 4.61. The number of halogens is 1. The summed E-state index contributed by atoms with van der Waals surface area (Å²) in [6, 6.07) is 22.0. The van der Waals surface area contributed by atoms with Crippen molar-refractivity contribution in [3.8, 4) is 0 Å². The molecule has 0 aliphatic heterocycles. The van der Waals surface area contributed by atoms with Crippen LogP contribution in [-0.4, -0.2) is 18.7 Å². The molecule has 28 heavy (non-hydrogen) atoms. The molecule has 2 aromatic carbocycles. The zero-order valence-electron chi connectivity index (χ0n) is 15.4. The summed E-state index contributed by atoms with van der Waals surface area (Å²) < 4.78 is 1.68. The first-order valence-electron chi connectivity index (χ1n) is 8.85. The molecule has 140 valence electrons. The van der Waals surface area contributed by atoms with Crippen molar-refractivity contribution in [3.05, 3.63) is 101 Å². The van der Waals surface area contributed by atoms with Crippen LogP contribution in [-0.2, 0) is 11.3 Å². The number of hydrogen-bond acceptors (Lipinski definition) is 2. The van der Waals surface area contributed by atoms with Gasteiger partial charge in [0, 0.05) is 29.8 Å². The standard InChI is InChI=1S/C23H19ClN2O2/c1-25-23(28)20(18-8-4-2-5-9-18)14-17-12-13-22(24)26(15-17)16-21(27)19-10-6-3-7-11-19/h2-15H,16H2,1H3/p+1. The van der Waals surface area contributed by atoms with E-state index in [0.717, 1.165) is 11.1 Å². The van der Waals surface area contributed by atoms with Gasteiger partial charge in [-0.15, -0.1) is 0 Å². The molecule has 3 aromatic rings. The van der Waals surface area contributed by atoms with Gasteiger partial charge in [0.25, 0.3) is 11.1 Å². The van der Waals surface area contributed by atoms with E-state index in [0.29, 0.717) is 16.3 Å². The Hall–Kier alpha value is -3.24. The van der Waals surface area contributed by atoms with Crippen molar-refractivity contribution in [2.75, 3.05) is 7.05 Å². The zero-order chi connectivity index (χ0) is 19.9. The van der Waals surface area contributed by atoms with Gasteiger partial charge < -0.3 is 5.32 Å². The van der Waals surface area contributed by atoms with Gasteiger partial charge in [-0.3, -0.25) is 9.59 Å². The summed E-state index contributed by atoms with van der Waals surface area (Å²) in [7, 11) is 1.60. The number of carbonyl (C=O) groups excluding carboxylic acids is 2. The van der Waals surface area contributed by atoms with Gasteiger partial charge in [0.15, 0.2) is 6.20 Å². The number of rotatable bonds is 6. The molecule has 1 heterocycles. The Kier molecular flexibility index (Phi) is 6.35. The monoisotopic (exact) mass is 391 g/mol. The van der Waals surface area contributed by atoms with Crippen molar-refractivity contribution in [3.63, 3.8) is 0 Å². The number of hydrogen-bond donors (Lipinski definition) is 1. The molecular formula is C23H20ClN2O2+. The Balaban J connectivity index is 1.94. The second-order valence-electron chi connectivity index (χ2n) is 6.21. The van der Waals surface area contributed by atoms with E-state index in [-0.39, 0.29) is 18.2 Å². The first kappa shape index (κ1) is 19.5. The van der Waals surface area contributed by atoms with Crippen LogP contribution in [0.1, 0.15) is 21.5 Å². The molecule has 0 spiro atoms. The number of benzene rings is 2. The molecule has 0 unspecified atom stereocenters. The molecule has 0 saturated heterocycles. The normalized spacial score (nSPS) is 11.1. The molecule has 0 radical (unpaired) electrons. The number of amides is 1. The maximum atomic E-state index is 12.5. The minimum Gasteiger partial charge on any atom is -0.355 e. The molecule has 0 saturated carbocycles. The molecule has 0 bridgehead atoms. The van der Waals surface area contributed by atoms with Crippen LogP contribution in [0.2, 0.25) is 5.15 Å². The van der Waals surface area contributed by atoms with Crippen molar-refractivity contribution < 1.29 is 14.2 Å². The van der Waals surface area contributed by atoms with E-state index in [1.807, 2.05) is 54.6 Å². The molecule has 4 nitrogen and oxygen atoms in total. The maximum absolute atomic E-state index is 12.5. The topological polar surface area (TPSA) is 50.1 Å². The Morgan fingerprint density at radius 1 is 0.929 bits per heavy atom. The summed E-state index contributed by atoms with van der Waals surface area (Å²) in [6.07, 6.45) is 3.56. The van der Waals surface area contributed by atoms with Gasteiger partial charge >= 0.3 is 0 Å². The van der Waals surface area contributed by atoms with Gasteiger partial charge in [-0.2, -0.15) is 4.57 Å². The number of carbonyl (C=O) groups is 2. The second kappa shape index (κ2) is 9.11. The van der Waals surface area contributed by atoms with E-state index in [2.05, 4.69) is 5.32 Å². The summed E-state index contributed by atoms with van der Waals surface area (Å²) in [5.41, 5.74) is 2.74. The third kappa shape index (κ3) is 4.72. The summed E-state index contributed by atoms with van der Waals surface area (Å²) in [5.74, 6) is -0.226. The number of pyridine rings is 1. The third-order valence-electron chi connectivity index (χ3n) is 4.27. The minimum absolute atomic E-state index is 0.0387. The van der Waals surface area contributed by atoms with Crippen molar-refractivity contribution in [1.82, 2.24) is 5.32 Å². The van der Waals surface area contributed by atoms with Crippen LogP contribution in [0.5, 0.6) is 0 Å². The average molecular weight is 392 g/mol. The van der Waals surface area contributed by atoms with E-state index in [1.165, 1.54) is 0 Å². The first-order valence-corrected chi connectivity index (χ1v) is 9.22. The van der Waals surface area contributed by atoms with Crippen LogP contribution in [0.15, 0.2) is 79.0 Å². The lowest BCUT2D eigenvalue weighted by Gasteiger charge is -2.07. The zero-order valence-corrected chi connectivity index (χ0v) is 16.2. The van der Waals surface area contributed by atoms with E-state index < -0.39 is 0 Å². The van der Waals surface area contributed by atoms with Crippen molar-refractivity contribution in [2.45, 2.75) is 6.54 Å². The highest BCUT2D eigenvalue weighted by molar-refractivity contribution is 6.28. The fraction of sp³-hybridized carbons (Fsp3) is 0.0870. The fourth-order valence-corrected chi connectivity index (χ4v) is 2.99. The molecule has 0 aliphatic rings. The van der Waals surface area contributed by atoms with E-state index >= 15 is 0 Å². The molecule has 1 amide bonds. The van der Waals surface area contributed by atoms with E-state index in [9.17, 15) is 9.59 Å². The summed E-state index contributed by atoms with van der Waals surface area (Å²) in [5, 5.41) is 3.12. The van der Waals surface area contributed by atoms with Crippen LogP contribution in [0, 0.1) is 0 Å². The predicted molar refractivity (Wildman–Crippen MR) is 111 cm³/mol. The Labute approximate surface area is 169 Å². The van der Waals surface area contributed by atoms with Gasteiger partial charge in [0.05, 0.1) is 0 Å². The Bertz CT molecular complexity index is 1020. The molecule has 5 heteroatoms. The smallest absolute Gasteiger partial charge is 0.275 e. The molecule has 0 fully saturated rings. The number of ketones is 1. The lowest BCUT2D eigenvalue weighted by Crippen LogP contribution is -2.39. The summed E-state index contributed by atoms with van der Waals surface area (Å²) in [4.78, 5) is 24.9. The maximum Gasteiger partial charge on any atom is 0.275 e. The Morgan fingerprint density at radius 3 is 2.14 bits per heavy atom. The van der Waals surface area contributed by atoms with Gasteiger partial charge in [-0.25, -0.2) is 0 Å². The van der Waals surface area contributed by atoms with Crippen LogP contribution in [0.4, 0.5) is 0 Å². The highest BCUT2D eigenvalue weighted by atomic mass is 35.5. The molecule has 0 atom stereocenters. The van der Waals surface area contributed by atoms with Gasteiger partial charge in [-0.1, -0.05) is 60.7 Å². The summed E-state index contributed by atoms with van der Waals surface area (Å²) in [6.45, 7) is 0.116. The number of likely N-dealkylation sites (N-methyl/N-ethyl adjacent to an activating group) is 1. The SMILES string of the molecule is CNC(=O)C(=Cc1ccc(Cl)[n+](CC(=O)c2ccccc2)c1)c1ccccc1. The first-order chi connectivity index (χ1) is 13.6.